The van der Waals surface area contributed by atoms with Crippen molar-refractivity contribution in [2.45, 2.75) is 64.7 Å². The molecule has 3 atom stereocenters. The van der Waals surface area contributed by atoms with Crippen LogP contribution >= 0.6 is 0 Å². The Bertz CT molecular complexity index is 373. The largest absolute Gasteiger partial charge is 0.460 e. The molecule has 114 valence electrons. The number of cyclic esters (lactones) is 1. The first kappa shape index (κ1) is 16.5. The smallest absolute Gasteiger partial charge is 0.408 e. The molecular weight excluding hydrogens is 258 g/mol. The molecule has 1 N–H and O–H groups in total. The Morgan fingerprint density at radius 1 is 1.60 bits per heavy atom. The van der Waals surface area contributed by atoms with Crippen LogP contribution in [0.1, 0.15) is 47.0 Å². The van der Waals surface area contributed by atoms with Crippen molar-refractivity contribution in [1.29, 1.82) is 0 Å². The highest BCUT2D eigenvalue weighted by Crippen LogP contribution is 2.22. The van der Waals surface area contributed by atoms with Gasteiger partial charge in [-0.25, -0.2) is 4.79 Å². The Hall–Kier alpha value is -1.52. The molecule has 1 fully saturated rings. The van der Waals surface area contributed by atoms with E-state index in [1.807, 2.05) is 33.8 Å². The number of hydrogen-bond acceptors (Lipinski definition) is 4. The van der Waals surface area contributed by atoms with Gasteiger partial charge >= 0.3 is 12.1 Å². The first-order valence-electron chi connectivity index (χ1n) is 7.03. The lowest BCUT2D eigenvalue weighted by Crippen LogP contribution is -2.46. The van der Waals surface area contributed by atoms with Crippen LogP contribution < -0.4 is 5.32 Å². The molecule has 1 saturated heterocycles. The summed E-state index contributed by atoms with van der Waals surface area (Å²) in [6.45, 7) is 11.2. The quantitative estimate of drug-likeness (QED) is 0.622. The van der Waals surface area contributed by atoms with Crippen molar-refractivity contribution >= 4 is 12.1 Å². The summed E-state index contributed by atoms with van der Waals surface area (Å²) in [6.07, 6.45) is 2.75. The van der Waals surface area contributed by atoms with E-state index in [1.54, 1.807) is 0 Å². The molecule has 0 saturated carbocycles. The summed E-state index contributed by atoms with van der Waals surface area (Å²) in [7, 11) is 0. The summed E-state index contributed by atoms with van der Waals surface area (Å²) < 4.78 is 10.5. The van der Waals surface area contributed by atoms with Gasteiger partial charge in [-0.15, -0.1) is 6.58 Å². The second-order valence-electron chi connectivity index (χ2n) is 6.27. The third-order valence-electron chi connectivity index (χ3n) is 3.09. The molecule has 0 aromatic carbocycles. The van der Waals surface area contributed by atoms with E-state index in [0.29, 0.717) is 19.3 Å². The van der Waals surface area contributed by atoms with Gasteiger partial charge in [0.1, 0.15) is 11.7 Å². The van der Waals surface area contributed by atoms with Gasteiger partial charge in [0.15, 0.2) is 0 Å². The summed E-state index contributed by atoms with van der Waals surface area (Å²) in [5.41, 5.74) is -0.551. The molecule has 1 aliphatic rings. The van der Waals surface area contributed by atoms with Crippen molar-refractivity contribution in [2.75, 3.05) is 0 Å². The van der Waals surface area contributed by atoms with Crippen LogP contribution in [0.25, 0.3) is 0 Å². The number of alkyl carbamates (subject to hydrolysis) is 1. The lowest BCUT2D eigenvalue weighted by atomic mass is 9.96. The normalized spacial score (nSPS) is 21.8. The topological polar surface area (TPSA) is 64.6 Å². The highest BCUT2D eigenvalue weighted by atomic mass is 16.6. The minimum atomic E-state index is -0.551. The zero-order chi connectivity index (χ0) is 15.3. The highest BCUT2D eigenvalue weighted by molar-refractivity contribution is 5.72. The third-order valence-corrected chi connectivity index (χ3v) is 3.09. The number of amides is 1. The van der Waals surface area contributed by atoms with Gasteiger partial charge in [-0.2, -0.15) is 0 Å². The lowest BCUT2D eigenvalue weighted by Gasteiger charge is -2.27. The van der Waals surface area contributed by atoms with E-state index in [1.165, 1.54) is 0 Å². The number of esters is 1. The van der Waals surface area contributed by atoms with Crippen molar-refractivity contribution in [3.8, 4) is 0 Å². The Labute approximate surface area is 120 Å². The molecule has 0 aliphatic carbocycles. The van der Waals surface area contributed by atoms with E-state index in [-0.39, 0.29) is 24.0 Å². The van der Waals surface area contributed by atoms with Crippen molar-refractivity contribution in [3.63, 3.8) is 0 Å². The zero-order valence-corrected chi connectivity index (χ0v) is 12.8. The highest BCUT2D eigenvalue weighted by Gasteiger charge is 2.33. The van der Waals surface area contributed by atoms with Gasteiger partial charge in [-0.1, -0.05) is 13.0 Å². The summed E-state index contributed by atoms with van der Waals surface area (Å²) in [6, 6.07) is -0.246. The van der Waals surface area contributed by atoms with E-state index >= 15 is 0 Å². The predicted octanol–water partition coefficient (Wildman–Crippen LogP) is 2.80. The average molecular weight is 283 g/mol. The van der Waals surface area contributed by atoms with E-state index in [0.717, 1.165) is 0 Å². The monoisotopic (exact) mass is 283 g/mol. The molecule has 0 radical (unpaired) electrons. The van der Waals surface area contributed by atoms with Gasteiger partial charge in [-0.3, -0.25) is 4.79 Å². The Morgan fingerprint density at radius 2 is 2.25 bits per heavy atom. The molecule has 1 heterocycles. The number of carbonyl (C=O) groups excluding carboxylic acids is 2. The van der Waals surface area contributed by atoms with Crippen molar-refractivity contribution in [2.24, 2.45) is 5.92 Å². The second kappa shape index (κ2) is 6.77. The first-order valence-corrected chi connectivity index (χ1v) is 7.03. The number of nitrogens with one attached hydrogen (secondary N) is 1. The maximum absolute atomic E-state index is 11.9. The van der Waals surface area contributed by atoms with Gasteiger partial charge in [-0.05, 0) is 39.5 Å². The van der Waals surface area contributed by atoms with Crippen LogP contribution in [0.15, 0.2) is 12.7 Å². The maximum Gasteiger partial charge on any atom is 0.408 e. The molecule has 2 unspecified atom stereocenters. The fourth-order valence-corrected chi connectivity index (χ4v) is 2.09. The number of allylic oxidation sites excluding steroid dienone is 1. The van der Waals surface area contributed by atoms with Crippen molar-refractivity contribution in [3.05, 3.63) is 12.7 Å². The van der Waals surface area contributed by atoms with E-state index < -0.39 is 11.7 Å². The molecule has 1 rings (SSSR count). The van der Waals surface area contributed by atoms with Gasteiger partial charge < -0.3 is 14.8 Å². The predicted molar refractivity (Wildman–Crippen MR) is 76.2 cm³/mol. The number of hydrogen-bond donors (Lipinski definition) is 1. The molecular formula is C15H25NO4. The molecule has 20 heavy (non-hydrogen) atoms. The van der Waals surface area contributed by atoms with Crippen molar-refractivity contribution < 1.29 is 19.1 Å². The first-order chi connectivity index (χ1) is 9.21. The summed E-state index contributed by atoms with van der Waals surface area (Å²) in [5, 5.41) is 2.82. The van der Waals surface area contributed by atoms with E-state index in [2.05, 4.69) is 11.9 Å². The summed E-state index contributed by atoms with van der Waals surface area (Å²) in [4.78, 5) is 23.1. The zero-order valence-electron chi connectivity index (χ0n) is 12.8. The second-order valence-corrected chi connectivity index (χ2v) is 6.27. The van der Waals surface area contributed by atoms with Crippen LogP contribution in [-0.2, 0) is 14.3 Å². The molecule has 5 nitrogen and oxygen atoms in total. The van der Waals surface area contributed by atoms with Crippen LogP contribution in [0.4, 0.5) is 4.79 Å². The number of rotatable bonds is 5. The molecule has 0 aromatic heterocycles. The van der Waals surface area contributed by atoms with Crippen LogP contribution in [0.3, 0.4) is 0 Å². The van der Waals surface area contributed by atoms with Crippen LogP contribution in [0.2, 0.25) is 0 Å². The van der Waals surface area contributed by atoms with Gasteiger partial charge in [0.2, 0.25) is 0 Å². The summed E-state index contributed by atoms with van der Waals surface area (Å²) in [5.74, 6) is 0.00600. The standard InChI is InChI=1S/C15H25NO4/c1-6-10(2)9-11(12-7-8-13(17)19-12)16-14(18)20-15(3,4)5/h6,10-12H,1,7-9H2,2-5H3,(H,16,18)/t10?,11?,12-/m0/s1. The molecule has 0 bridgehead atoms. The molecule has 5 heteroatoms. The fourth-order valence-electron chi connectivity index (χ4n) is 2.09. The lowest BCUT2D eigenvalue weighted by molar-refractivity contribution is -0.142. The number of ether oxygens (including phenoxy) is 2. The Morgan fingerprint density at radius 3 is 2.70 bits per heavy atom. The van der Waals surface area contributed by atoms with Gasteiger partial charge in [0, 0.05) is 6.42 Å². The van der Waals surface area contributed by atoms with Crippen LogP contribution in [0, 0.1) is 5.92 Å². The SMILES string of the molecule is C=CC(C)CC(NC(=O)OC(C)(C)C)[C@@H]1CCC(=O)O1. The Kier molecular flexibility index (Phi) is 5.60. The number of carbonyl (C=O) groups is 2. The minimum Gasteiger partial charge on any atom is -0.460 e. The van der Waals surface area contributed by atoms with Gasteiger partial charge in [0.25, 0.3) is 0 Å². The van der Waals surface area contributed by atoms with Crippen LogP contribution in [0.5, 0.6) is 0 Å². The molecule has 0 aromatic rings. The van der Waals surface area contributed by atoms with E-state index in [9.17, 15) is 9.59 Å². The Balaban J connectivity index is 2.64. The van der Waals surface area contributed by atoms with Crippen molar-refractivity contribution in [1.82, 2.24) is 5.32 Å². The van der Waals surface area contributed by atoms with Crippen LogP contribution in [-0.4, -0.2) is 29.8 Å². The van der Waals surface area contributed by atoms with Gasteiger partial charge in [0.05, 0.1) is 6.04 Å². The third kappa shape index (κ3) is 5.63. The molecule has 1 amide bonds. The van der Waals surface area contributed by atoms with E-state index in [4.69, 9.17) is 9.47 Å². The maximum atomic E-state index is 11.9. The minimum absolute atomic E-state index is 0.211. The summed E-state index contributed by atoms with van der Waals surface area (Å²) >= 11 is 0. The molecule has 1 aliphatic heterocycles. The molecule has 0 spiro atoms. The average Bonchev–Trinajstić information content (AvgIpc) is 2.72. The fraction of sp³-hybridized carbons (Fsp3) is 0.733.